The summed E-state index contributed by atoms with van der Waals surface area (Å²) in [6.45, 7) is 5.73. The van der Waals surface area contributed by atoms with E-state index in [1.54, 1.807) is 6.07 Å². The van der Waals surface area contributed by atoms with Crippen molar-refractivity contribution in [2.24, 2.45) is 0 Å². The van der Waals surface area contributed by atoms with E-state index in [1.807, 2.05) is 49.4 Å². The van der Waals surface area contributed by atoms with Crippen molar-refractivity contribution in [3.63, 3.8) is 0 Å². The number of nitrogens with zero attached hydrogens (tertiary/aromatic N) is 1. The van der Waals surface area contributed by atoms with Crippen molar-refractivity contribution in [3.8, 4) is 0 Å². The molecule has 2 aliphatic heterocycles. The fourth-order valence-electron chi connectivity index (χ4n) is 4.26. The number of anilines is 1. The van der Waals surface area contributed by atoms with Gasteiger partial charge in [-0.1, -0.05) is 48.5 Å². The first-order valence-electron chi connectivity index (χ1n) is 11.3. The zero-order valence-electron chi connectivity index (χ0n) is 19.1. The Balaban J connectivity index is 1.36. The highest BCUT2D eigenvalue weighted by Gasteiger charge is 2.41. The Morgan fingerprint density at radius 2 is 1.88 bits per heavy atom. The molecule has 34 heavy (non-hydrogen) atoms. The molecule has 0 bridgehead atoms. The summed E-state index contributed by atoms with van der Waals surface area (Å²) in [5.41, 5.74) is 4.43. The second kappa shape index (κ2) is 9.87. The summed E-state index contributed by atoms with van der Waals surface area (Å²) in [4.78, 5) is 51.0. The molecule has 2 aromatic rings. The first-order valence-corrected chi connectivity index (χ1v) is 11.3. The van der Waals surface area contributed by atoms with Gasteiger partial charge in [-0.15, -0.1) is 0 Å². The van der Waals surface area contributed by atoms with E-state index in [0.717, 1.165) is 21.6 Å². The molecule has 0 saturated carbocycles. The van der Waals surface area contributed by atoms with E-state index < -0.39 is 23.8 Å². The number of amides is 3. The lowest BCUT2D eigenvalue weighted by molar-refractivity contribution is -0.146. The Kier molecular flexibility index (Phi) is 6.72. The van der Waals surface area contributed by atoms with Gasteiger partial charge in [-0.3, -0.25) is 24.1 Å². The minimum absolute atomic E-state index is 0.120. The largest absolute Gasteiger partial charge is 0.351 e. The van der Waals surface area contributed by atoms with E-state index in [0.29, 0.717) is 43.5 Å². The molecular weight excluding hydrogens is 430 g/mol. The maximum atomic E-state index is 12.9. The molecule has 0 aromatic heterocycles. The lowest BCUT2D eigenvalue weighted by Gasteiger charge is -2.29. The number of carbonyl (C=O) groups excluding carboxylic acids is 4. The minimum Gasteiger partial charge on any atom is -0.351 e. The van der Waals surface area contributed by atoms with Crippen LogP contribution in [-0.2, 0) is 32.0 Å². The third kappa shape index (κ3) is 5.31. The fourth-order valence-corrected chi connectivity index (χ4v) is 4.26. The van der Waals surface area contributed by atoms with Gasteiger partial charge in [0.15, 0.2) is 0 Å². The van der Waals surface area contributed by atoms with Crippen molar-refractivity contribution in [3.05, 3.63) is 89.3 Å². The topological polar surface area (TPSA) is 95.6 Å². The number of piperidine rings is 1. The van der Waals surface area contributed by atoms with Gasteiger partial charge in [0.2, 0.25) is 5.91 Å². The second-order valence-electron chi connectivity index (χ2n) is 8.75. The van der Waals surface area contributed by atoms with Gasteiger partial charge in [-0.05, 0) is 49.4 Å². The number of nitrogens with one attached hydrogen (secondary N) is 2. The predicted molar refractivity (Wildman–Crippen MR) is 129 cm³/mol. The number of aryl methyl sites for hydroxylation is 2. The van der Waals surface area contributed by atoms with E-state index in [1.165, 1.54) is 6.08 Å². The normalized spacial score (nSPS) is 18.1. The van der Waals surface area contributed by atoms with E-state index in [2.05, 4.69) is 17.2 Å². The summed E-state index contributed by atoms with van der Waals surface area (Å²) >= 11 is 0. The van der Waals surface area contributed by atoms with Crippen molar-refractivity contribution in [1.82, 2.24) is 10.2 Å². The van der Waals surface area contributed by atoms with E-state index in [9.17, 15) is 19.2 Å². The molecule has 1 atom stereocenters. The average molecular weight is 458 g/mol. The van der Waals surface area contributed by atoms with Crippen LogP contribution in [0.15, 0.2) is 72.6 Å². The lowest BCUT2D eigenvalue weighted by Crippen LogP contribution is -2.52. The Labute approximate surface area is 198 Å². The van der Waals surface area contributed by atoms with E-state index in [-0.39, 0.29) is 11.5 Å². The molecule has 0 spiro atoms. The van der Waals surface area contributed by atoms with Crippen LogP contribution in [0.25, 0.3) is 0 Å². The van der Waals surface area contributed by atoms with Gasteiger partial charge in [0.1, 0.15) is 17.5 Å². The van der Waals surface area contributed by atoms with Crippen LogP contribution in [-0.4, -0.2) is 34.4 Å². The van der Waals surface area contributed by atoms with Crippen LogP contribution >= 0.6 is 0 Å². The first kappa shape index (κ1) is 23.2. The first-order chi connectivity index (χ1) is 16.3. The lowest BCUT2D eigenvalue weighted by atomic mass is 10.0. The van der Waals surface area contributed by atoms with E-state index in [4.69, 9.17) is 0 Å². The molecule has 4 rings (SSSR count). The van der Waals surface area contributed by atoms with Crippen molar-refractivity contribution < 1.29 is 19.2 Å². The monoisotopic (exact) mass is 457 g/mol. The zero-order valence-corrected chi connectivity index (χ0v) is 19.1. The molecule has 1 unspecified atom stereocenters. The van der Waals surface area contributed by atoms with Gasteiger partial charge in [0, 0.05) is 30.3 Å². The molecular formula is C27H27N3O4. The molecule has 1 fully saturated rings. The molecule has 7 nitrogen and oxygen atoms in total. The number of rotatable bonds is 8. The molecule has 0 aliphatic carbocycles. The summed E-state index contributed by atoms with van der Waals surface area (Å²) in [6, 6.07) is 14.5. The number of hydrogen-bond acceptors (Lipinski definition) is 5. The summed E-state index contributed by atoms with van der Waals surface area (Å²) in [5.74, 6) is -1.29. The highest BCUT2D eigenvalue weighted by Crippen LogP contribution is 2.24. The van der Waals surface area contributed by atoms with Gasteiger partial charge in [0.25, 0.3) is 11.8 Å². The number of imide groups is 1. The Morgan fingerprint density at radius 1 is 1.12 bits per heavy atom. The third-order valence-corrected chi connectivity index (χ3v) is 5.97. The number of ketones is 1. The molecule has 2 aromatic carbocycles. The van der Waals surface area contributed by atoms with Crippen LogP contribution in [0.4, 0.5) is 5.69 Å². The molecule has 2 aliphatic rings. The van der Waals surface area contributed by atoms with Crippen LogP contribution in [0.1, 0.15) is 36.0 Å². The summed E-state index contributed by atoms with van der Waals surface area (Å²) < 4.78 is 0. The number of allylic oxidation sites excluding steroid dienone is 1. The Morgan fingerprint density at radius 3 is 2.65 bits per heavy atom. The van der Waals surface area contributed by atoms with Gasteiger partial charge in [-0.2, -0.15) is 0 Å². The van der Waals surface area contributed by atoms with Crippen LogP contribution in [0.3, 0.4) is 0 Å². The van der Waals surface area contributed by atoms with Gasteiger partial charge >= 0.3 is 0 Å². The minimum atomic E-state index is -0.841. The highest BCUT2D eigenvalue weighted by molar-refractivity contribution is 6.19. The quantitative estimate of drug-likeness (QED) is 0.594. The molecule has 0 radical (unpaired) electrons. The molecule has 174 valence electrons. The van der Waals surface area contributed by atoms with Crippen LogP contribution in [0.5, 0.6) is 0 Å². The Hall–Kier alpha value is -4.00. The smallest absolute Gasteiger partial charge is 0.278 e. The van der Waals surface area contributed by atoms with Crippen LogP contribution in [0, 0.1) is 6.92 Å². The molecule has 1 saturated heterocycles. The molecule has 3 amide bonds. The molecule has 2 heterocycles. The second-order valence-corrected chi connectivity index (χ2v) is 8.75. The van der Waals surface area contributed by atoms with Crippen molar-refractivity contribution in [2.75, 3.05) is 5.32 Å². The average Bonchev–Trinajstić information content (AvgIpc) is 3.05. The number of carbonyl (C=O) groups is 4. The summed E-state index contributed by atoms with van der Waals surface area (Å²) in [5, 5.41) is 5.61. The van der Waals surface area contributed by atoms with Crippen molar-refractivity contribution in [2.45, 2.75) is 45.1 Å². The predicted octanol–water partition coefficient (Wildman–Crippen LogP) is 3.20. The number of benzene rings is 2. The fraction of sp³-hybridized carbons (Fsp3) is 0.259. The maximum absolute atomic E-state index is 12.9. The van der Waals surface area contributed by atoms with Gasteiger partial charge < -0.3 is 10.6 Å². The summed E-state index contributed by atoms with van der Waals surface area (Å²) in [6.07, 6.45) is 3.48. The molecule has 7 heteroatoms. The van der Waals surface area contributed by atoms with Crippen molar-refractivity contribution >= 4 is 29.2 Å². The molecule has 2 N–H and O–H groups in total. The van der Waals surface area contributed by atoms with Crippen LogP contribution < -0.4 is 10.6 Å². The third-order valence-electron chi connectivity index (χ3n) is 5.97. The highest BCUT2D eigenvalue weighted by atomic mass is 16.2. The zero-order chi connectivity index (χ0) is 24.2. The number of hydrogen-bond donors (Lipinski definition) is 2. The van der Waals surface area contributed by atoms with Gasteiger partial charge in [0.05, 0.1) is 0 Å². The maximum Gasteiger partial charge on any atom is 0.278 e. The standard InChI is InChI=1S/C27H27N3O4/c1-17-5-3-7-20(13-17)15-22(31)11-10-19-6-4-8-21(14-19)29-23-16-25(32)30(27(23)34)24-12-9-18(2)28-26(24)33/h3-8,13-14,16,24,29H,2,9-12,15H2,1H3,(H,28,33). The van der Waals surface area contributed by atoms with Crippen molar-refractivity contribution in [1.29, 1.82) is 0 Å². The van der Waals surface area contributed by atoms with Crippen LogP contribution in [0.2, 0.25) is 0 Å². The summed E-state index contributed by atoms with van der Waals surface area (Å²) in [7, 11) is 0. The number of Topliss-reactive ketones (excluding diaryl/α,β-unsaturated/α-hetero) is 1. The van der Waals surface area contributed by atoms with E-state index >= 15 is 0 Å². The van der Waals surface area contributed by atoms with Gasteiger partial charge in [-0.25, -0.2) is 0 Å². The SMILES string of the molecule is C=C1CCC(N2C(=O)C=C(Nc3cccc(CCC(=O)Cc4cccc(C)c4)c3)C2=O)C(=O)N1. The Bertz CT molecular complexity index is 1210.